The van der Waals surface area contributed by atoms with E-state index < -0.39 is 0 Å². The van der Waals surface area contributed by atoms with Crippen molar-refractivity contribution in [3.63, 3.8) is 0 Å². The molecule has 2 fully saturated rings. The van der Waals surface area contributed by atoms with Crippen molar-refractivity contribution in [2.24, 2.45) is 0 Å². The third-order valence-corrected chi connectivity index (χ3v) is 5.79. The number of benzene rings is 1. The van der Waals surface area contributed by atoms with Gasteiger partial charge < -0.3 is 10.2 Å². The van der Waals surface area contributed by atoms with Crippen molar-refractivity contribution in [3.8, 4) is 0 Å². The molecule has 1 atom stereocenters. The molecule has 1 aromatic rings. The predicted octanol–water partition coefficient (Wildman–Crippen LogP) is 4.18. The number of anilines is 1. The van der Waals surface area contributed by atoms with Gasteiger partial charge in [0.15, 0.2) is 0 Å². The van der Waals surface area contributed by atoms with Gasteiger partial charge in [0.05, 0.1) is 0 Å². The molecule has 1 saturated carbocycles. The largest absolute Gasteiger partial charge is 0.365 e. The van der Waals surface area contributed by atoms with Crippen molar-refractivity contribution >= 4 is 28.3 Å². The van der Waals surface area contributed by atoms with Crippen molar-refractivity contribution in [1.82, 2.24) is 5.32 Å². The molecule has 2 aliphatic rings. The second-order valence-corrected chi connectivity index (χ2v) is 7.63. The Morgan fingerprint density at radius 2 is 1.90 bits per heavy atom. The molecule has 1 N–H and O–H groups in total. The summed E-state index contributed by atoms with van der Waals surface area (Å²) < 4.78 is 1.32. The van der Waals surface area contributed by atoms with Gasteiger partial charge in [-0.15, -0.1) is 0 Å². The normalized spacial score (nSPS) is 25.9. The van der Waals surface area contributed by atoms with Crippen LogP contribution in [0.4, 0.5) is 5.69 Å². The van der Waals surface area contributed by atoms with Gasteiger partial charge in [-0.05, 0) is 66.1 Å². The minimum atomic E-state index is 0.382. The molecule has 1 aliphatic carbocycles. The fourth-order valence-electron chi connectivity index (χ4n) is 3.82. The van der Waals surface area contributed by atoms with Crippen LogP contribution < -0.4 is 10.2 Å². The summed E-state index contributed by atoms with van der Waals surface area (Å²) in [6.07, 6.45) is 8.13. The Hall–Kier alpha value is -0.290. The second kappa shape index (κ2) is 6.22. The molecule has 1 spiro atoms. The van der Waals surface area contributed by atoms with Crippen LogP contribution in [-0.2, 0) is 0 Å². The molecule has 3 heteroatoms. The van der Waals surface area contributed by atoms with E-state index in [1.165, 1.54) is 54.3 Å². The number of piperazine rings is 1. The van der Waals surface area contributed by atoms with Crippen LogP contribution in [0.3, 0.4) is 0 Å². The quantitative estimate of drug-likeness (QED) is 0.770. The average molecular weight is 384 g/mol. The van der Waals surface area contributed by atoms with Gasteiger partial charge in [0.25, 0.3) is 0 Å². The van der Waals surface area contributed by atoms with Gasteiger partial charge in [0.1, 0.15) is 0 Å². The summed E-state index contributed by atoms with van der Waals surface area (Å²) >= 11 is 2.39. The Bertz CT molecular complexity index is 437. The van der Waals surface area contributed by atoms with Crippen LogP contribution in [0.1, 0.15) is 45.4 Å². The third kappa shape index (κ3) is 2.98. The summed E-state index contributed by atoms with van der Waals surface area (Å²) in [6, 6.07) is 9.71. The van der Waals surface area contributed by atoms with Gasteiger partial charge in [0, 0.05) is 33.9 Å². The fourth-order valence-corrected chi connectivity index (χ4v) is 4.18. The highest BCUT2D eigenvalue weighted by atomic mass is 127. The van der Waals surface area contributed by atoms with Crippen LogP contribution in [0.2, 0.25) is 0 Å². The van der Waals surface area contributed by atoms with E-state index in [0.29, 0.717) is 11.6 Å². The molecular weight excluding hydrogens is 359 g/mol. The highest BCUT2D eigenvalue weighted by Gasteiger charge is 2.39. The highest BCUT2D eigenvalue weighted by Crippen LogP contribution is 2.34. The van der Waals surface area contributed by atoms with Crippen LogP contribution in [0.25, 0.3) is 0 Å². The predicted molar refractivity (Wildman–Crippen MR) is 94.4 cm³/mol. The summed E-state index contributed by atoms with van der Waals surface area (Å²) in [6.45, 7) is 4.64. The molecule has 110 valence electrons. The van der Waals surface area contributed by atoms with Crippen molar-refractivity contribution < 1.29 is 0 Å². The summed E-state index contributed by atoms with van der Waals surface area (Å²) in [5.74, 6) is 0. The smallest absolute Gasteiger partial charge is 0.0412 e. The molecule has 2 nitrogen and oxygen atoms in total. The Balaban J connectivity index is 1.82. The average Bonchev–Trinajstić information content (AvgIpc) is 2.49. The van der Waals surface area contributed by atoms with E-state index in [0.717, 1.165) is 6.54 Å². The lowest BCUT2D eigenvalue weighted by Crippen LogP contribution is -2.65. The zero-order chi connectivity index (χ0) is 14.0. The maximum absolute atomic E-state index is 3.90. The molecule has 20 heavy (non-hydrogen) atoms. The van der Waals surface area contributed by atoms with Gasteiger partial charge in [-0.1, -0.05) is 26.2 Å². The van der Waals surface area contributed by atoms with Crippen molar-refractivity contribution in [3.05, 3.63) is 27.8 Å². The Kier molecular flexibility index (Phi) is 4.55. The molecule has 1 aromatic carbocycles. The van der Waals surface area contributed by atoms with Crippen LogP contribution in [0.5, 0.6) is 0 Å². The number of rotatable bonds is 2. The van der Waals surface area contributed by atoms with Crippen molar-refractivity contribution in [2.75, 3.05) is 18.0 Å². The van der Waals surface area contributed by atoms with E-state index in [9.17, 15) is 0 Å². The van der Waals surface area contributed by atoms with E-state index in [2.05, 4.69) is 64.0 Å². The minimum Gasteiger partial charge on any atom is -0.365 e. The fraction of sp³-hybridized carbons (Fsp3) is 0.647. The van der Waals surface area contributed by atoms with Crippen LogP contribution in [0, 0.1) is 3.57 Å². The van der Waals surface area contributed by atoms with Gasteiger partial charge in [-0.3, -0.25) is 0 Å². The summed E-state index contributed by atoms with van der Waals surface area (Å²) in [5.41, 5.74) is 1.79. The molecule has 0 aromatic heterocycles. The monoisotopic (exact) mass is 384 g/mol. The Morgan fingerprint density at radius 1 is 1.20 bits per heavy atom. The standard InChI is InChI=1S/C17H25IN2/c1-2-15-12-19-17(10-4-3-5-11-17)13-20(15)16-8-6-14(18)7-9-16/h6-9,15,19H,2-5,10-13H2,1H3. The first-order valence-corrected chi connectivity index (χ1v) is 9.07. The number of halogens is 1. The van der Waals surface area contributed by atoms with E-state index >= 15 is 0 Å². The SMILES string of the molecule is CCC1CNC2(CCCCC2)CN1c1ccc(I)cc1. The van der Waals surface area contributed by atoms with E-state index in [1.807, 2.05) is 0 Å². The van der Waals surface area contributed by atoms with E-state index in [1.54, 1.807) is 0 Å². The molecule has 1 heterocycles. The molecule has 1 aliphatic heterocycles. The summed E-state index contributed by atoms with van der Waals surface area (Å²) in [5, 5.41) is 3.90. The number of hydrogen-bond acceptors (Lipinski definition) is 2. The molecule has 1 unspecified atom stereocenters. The first-order chi connectivity index (χ1) is 9.72. The lowest BCUT2D eigenvalue weighted by Gasteiger charge is -2.50. The topological polar surface area (TPSA) is 15.3 Å². The maximum atomic E-state index is 3.90. The van der Waals surface area contributed by atoms with Crippen LogP contribution in [0.15, 0.2) is 24.3 Å². The molecular formula is C17H25IN2. The Morgan fingerprint density at radius 3 is 2.55 bits per heavy atom. The molecule has 1 saturated heterocycles. The first-order valence-electron chi connectivity index (χ1n) is 8.00. The lowest BCUT2D eigenvalue weighted by atomic mass is 9.79. The summed E-state index contributed by atoms with van der Waals surface area (Å²) in [7, 11) is 0. The molecule has 0 radical (unpaired) electrons. The van der Waals surface area contributed by atoms with Gasteiger partial charge in [-0.25, -0.2) is 0 Å². The third-order valence-electron chi connectivity index (χ3n) is 5.07. The zero-order valence-electron chi connectivity index (χ0n) is 12.4. The first kappa shape index (κ1) is 14.6. The highest BCUT2D eigenvalue weighted by molar-refractivity contribution is 14.1. The molecule has 0 bridgehead atoms. The van der Waals surface area contributed by atoms with Crippen LogP contribution >= 0.6 is 22.6 Å². The number of nitrogens with one attached hydrogen (secondary N) is 1. The van der Waals surface area contributed by atoms with Gasteiger partial charge in [0.2, 0.25) is 0 Å². The lowest BCUT2D eigenvalue weighted by molar-refractivity contribution is 0.196. The van der Waals surface area contributed by atoms with Crippen molar-refractivity contribution in [2.45, 2.75) is 57.0 Å². The Labute approximate surface area is 136 Å². The minimum absolute atomic E-state index is 0.382. The summed E-state index contributed by atoms with van der Waals surface area (Å²) in [4.78, 5) is 2.66. The van der Waals surface area contributed by atoms with Gasteiger partial charge >= 0.3 is 0 Å². The number of nitrogens with zero attached hydrogens (tertiary/aromatic N) is 1. The molecule has 3 rings (SSSR count). The number of hydrogen-bond donors (Lipinski definition) is 1. The van der Waals surface area contributed by atoms with Gasteiger partial charge in [-0.2, -0.15) is 0 Å². The maximum Gasteiger partial charge on any atom is 0.0412 e. The van der Waals surface area contributed by atoms with Crippen molar-refractivity contribution in [1.29, 1.82) is 0 Å². The van der Waals surface area contributed by atoms with E-state index in [4.69, 9.17) is 0 Å². The van der Waals surface area contributed by atoms with E-state index in [-0.39, 0.29) is 0 Å². The molecule has 0 amide bonds. The zero-order valence-corrected chi connectivity index (χ0v) is 14.5. The van der Waals surface area contributed by atoms with Crippen LogP contribution in [-0.4, -0.2) is 24.7 Å². The second-order valence-electron chi connectivity index (χ2n) is 6.39.